The molecule has 1 aliphatic heterocycles. The van der Waals surface area contributed by atoms with Gasteiger partial charge in [0, 0.05) is 17.2 Å². The summed E-state index contributed by atoms with van der Waals surface area (Å²) in [6.45, 7) is 1.82. The molecule has 3 aromatic rings. The van der Waals surface area contributed by atoms with Gasteiger partial charge in [-0.3, -0.25) is 9.59 Å². The van der Waals surface area contributed by atoms with Gasteiger partial charge in [-0.2, -0.15) is 0 Å². The Balaban J connectivity index is 1.66. The van der Waals surface area contributed by atoms with Crippen LogP contribution < -0.4 is 15.4 Å². The number of nitrogens with zero attached hydrogens (tertiary/aromatic N) is 1. The van der Waals surface area contributed by atoms with Gasteiger partial charge in [-0.15, -0.1) is 6.42 Å². The summed E-state index contributed by atoms with van der Waals surface area (Å²) in [5, 5.41) is 5.56. The van der Waals surface area contributed by atoms with Crippen LogP contribution in [0.2, 0.25) is 0 Å². The SMILES string of the molecule is C#Cc1ccc(NC(=O)C(C(C)c2ccccc2)N2C(=O)N[C@H](c3ccc(OC)cc3)C2=O)cc1. The first-order valence-corrected chi connectivity index (χ1v) is 11.1. The number of urea groups is 1. The van der Waals surface area contributed by atoms with E-state index in [0.717, 1.165) is 10.5 Å². The van der Waals surface area contributed by atoms with E-state index < -0.39 is 35.8 Å². The molecule has 0 aliphatic carbocycles. The zero-order chi connectivity index (χ0) is 24.9. The second kappa shape index (κ2) is 10.1. The number of nitrogens with one attached hydrogen (secondary N) is 2. The van der Waals surface area contributed by atoms with Crippen molar-refractivity contribution in [2.24, 2.45) is 0 Å². The first-order valence-electron chi connectivity index (χ1n) is 11.1. The quantitative estimate of drug-likeness (QED) is 0.405. The predicted molar refractivity (Wildman–Crippen MR) is 133 cm³/mol. The largest absolute Gasteiger partial charge is 0.497 e. The fourth-order valence-corrected chi connectivity index (χ4v) is 4.15. The number of rotatable bonds is 7. The number of amides is 4. The first kappa shape index (κ1) is 23.6. The number of anilines is 1. The minimum atomic E-state index is -1.08. The molecular weight excluding hydrogens is 442 g/mol. The van der Waals surface area contributed by atoms with Crippen LogP contribution in [-0.2, 0) is 9.59 Å². The average Bonchev–Trinajstić information content (AvgIpc) is 3.18. The van der Waals surface area contributed by atoms with Gasteiger partial charge < -0.3 is 15.4 Å². The molecular formula is C28H25N3O4. The molecule has 7 heteroatoms. The molecule has 0 radical (unpaired) electrons. The number of terminal acetylenes is 1. The Morgan fingerprint density at radius 1 is 1.03 bits per heavy atom. The van der Waals surface area contributed by atoms with Crippen LogP contribution in [0.1, 0.15) is 35.6 Å². The van der Waals surface area contributed by atoms with Crippen LogP contribution >= 0.6 is 0 Å². The molecule has 1 heterocycles. The van der Waals surface area contributed by atoms with E-state index in [0.29, 0.717) is 22.6 Å². The van der Waals surface area contributed by atoms with Crippen LogP contribution in [0, 0.1) is 12.3 Å². The Morgan fingerprint density at radius 3 is 2.29 bits per heavy atom. The lowest BCUT2D eigenvalue weighted by Crippen LogP contribution is -2.50. The summed E-state index contributed by atoms with van der Waals surface area (Å²) in [6.07, 6.45) is 5.41. The number of carbonyl (C=O) groups excluding carboxylic acids is 3. The van der Waals surface area contributed by atoms with E-state index in [2.05, 4.69) is 16.6 Å². The van der Waals surface area contributed by atoms with Crippen molar-refractivity contribution >= 4 is 23.5 Å². The number of benzene rings is 3. The number of methoxy groups -OCH3 is 1. The molecule has 1 saturated heterocycles. The van der Waals surface area contributed by atoms with Crippen molar-refractivity contribution in [1.82, 2.24) is 10.2 Å². The predicted octanol–water partition coefficient (Wildman–Crippen LogP) is 4.08. The van der Waals surface area contributed by atoms with Crippen molar-refractivity contribution in [3.8, 4) is 18.1 Å². The van der Waals surface area contributed by atoms with Crippen LogP contribution in [0.15, 0.2) is 78.9 Å². The maximum Gasteiger partial charge on any atom is 0.325 e. The standard InChI is InChI=1S/C28H25N3O4/c1-4-19-10-14-22(15-11-19)29-26(32)25(18(2)20-8-6-5-7-9-20)31-27(33)24(30-28(31)34)21-12-16-23(35-3)17-13-21/h1,5-18,24-25H,2-3H3,(H,29,32)(H,30,34)/t18?,24-,25?/m1/s1. The van der Waals surface area contributed by atoms with E-state index in [1.807, 2.05) is 37.3 Å². The highest BCUT2D eigenvalue weighted by molar-refractivity contribution is 6.09. The Morgan fingerprint density at radius 2 is 1.69 bits per heavy atom. The third kappa shape index (κ3) is 4.87. The molecule has 3 aromatic carbocycles. The molecule has 35 heavy (non-hydrogen) atoms. The Bertz CT molecular complexity index is 1260. The Kier molecular flexibility index (Phi) is 6.83. The van der Waals surface area contributed by atoms with Crippen molar-refractivity contribution in [1.29, 1.82) is 0 Å². The van der Waals surface area contributed by atoms with Gasteiger partial charge >= 0.3 is 6.03 Å². The van der Waals surface area contributed by atoms with Gasteiger partial charge in [-0.25, -0.2) is 9.69 Å². The molecule has 7 nitrogen and oxygen atoms in total. The van der Waals surface area contributed by atoms with Crippen LogP contribution in [0.25, 0.3) is 0 Å². The fourth-order valence-electron chi connectivity index (χ4n) is 4.15. The summed E-state index contributed by atoms with van der Waals surface area (Å²) < 4.78 is 5.18. The second-order valence-corrected chi connectivity index (χ2v) is 8.22. The molecule has 1 aliphatic rings. The highest BCUT2D eigenvalue weighted by Gasteiger charge is 2.47. The van der Waals surface area contributed by atoms with Gasteiger partial charge in [0.1, 0.15) is 17.8 Å². The molecule has 0 saturated carbocycles. The Hall–Kier alpha value is -4.57. The molecule has 0 bridgehead atoms. The van der Waals surface area contributed by atoms with E-state index in [-0.39, 0.29) is 0 Å². The van der Waals surface area contributed by atoms with Crippen molar-refractivity contribution in [2.45, 2.75) is 24.9 Å². The maximum atomic E-state index is 13.5. The minimum absolute atomic E-state index is 0.467. The van der Waals surface area contributed by atoms with E-state index >= 15 is 0 Å². The van der Waals surface area contributed by atoms with E-state index in [9.17, 15) is 14.4 Å². The lowest BCUT2D eigenvalue weighted by Gasteiger charge is -2.30. The van der Waals surface area contributed by atoms with Crippen molar-refractivity contribution in [3.05, 3.63) is 95.6 Å². The zero-order valence-electron chi connectivity index (χ0n) is 19.4. The lowest BCUT2D eigenvalue weighted by molar-refractivity contribution is -0.134. The smallest absolute Gasteiger partial charge is 0.325 e. The normalized spacial score (nSPS) is 16.7. The van der Waals surface area contributed by atoms with Crippen LogP contribution in [0.5, 0.6) is 5.75 Å². The molecule has 176 valence electrons. The highest BCUT2D eigenvalue weighted by Crippen LogP contribution is 2.31. The van der Waals surface area contributed by atoms with Crippen LogP contribution in [0.4, 0.5) is 10.5 Å². The number of hydrogen-bond acceptors (Lipinski definition) is 4. The van der Waals surface area contributed by atoms with Crippen molar-refractivity contribution < 1.29 is 19.1 Å². The number of imide groups is 1. The molecule has 2 N–H and O–H groups in total. The molecule has 4 amide bonds. The second-order valence-electron chi connectivity index (χ2n) is 8.22. The topological polar surface area (TPSA) is 87.7 Å². The maximum absolute atomic E-state index is 13.5. The van der Waals surface area contributed by atoms with Gasteiger partial charge in [-0.1, -0.05) is 55.3 Å². The summed E-state index contributed by atoms with van der Waals surface area (Å²) in [5.74, 6) is 1.72. The molecule has 0 spiro atoms. The van der Waals surface area contributed by atoms with Crippen LogP contribution in [-0.4, -0.2) is 35.9 Å². The molecule has 3 atom stereocenters. The molecule has 0 aromatic heterocycles. The van der Waals surface area contributed by atoms with E-state index in [1.54, 1.807) is 55.6 Å². The van der Waals surface area contributed by atoms with Gasteiger partial charge in [0.05, 0.1) is 7.11 Å². The number of hydrogen-bond donors (Lipinski definition) is 2. The third-order valence-corrected chi connectivity index (χ3v) is 6.08. The summed E-state index contributed by atoms with van der Waals surface area (Å²) >= 11 is 0. The van der Waals surface area contributed by atoms with E-state index in [4.69, 9.17) is 11.2 Å². The number of carbonyl (C=O) groups is 3. The lowest BCUT2D eigenvalue weighted by atomic mass is 9.91. The molecule has 4 rings (SSSR count). The first-order chi connectivity index (χ1) is 16.9. The minimum Gasteiger partial charge on any atom is -0.497 e. The summed E-state index contributed by atoms with van der Waals surface area (Å²) in [4.78, 5) is 41.1. The van der Waals surface area contributed by atoms with Gasteiger partial charge in [-0.05, 0) is 47.5 Å². The highest BCUT2D eigenvalue weighted by atomic mass is 16.5. The summed E-state index contributed by atoms with van der Waals surface area (Å²) in [5.41, 5.74) is 2.61. The van der Waals surface area contributed by atoms with Gasteiger partial charge in [0.2, 0.25) is 5.91 Å². The van der Waals surface area contributed by atoms with Gasteiger partial charge in [0.25, 0.3) is 5.91 Å². The fraction of sp³-hybridized carbons (Fsp3) is 0.179. The van der Waals surface area contributed by atoms with Gasteiger partial charge in [0.15, 0.2) is 0 Å². The Labute approximate surface area is 204 Å². The average molecular weight is 468 g/mol. The monoisotopic (exact) mass is 467 g/mol. The van der Waals surface area contributed by atoms with Crippen LogP contribution in [0.3, 0.4) is 0 Å². The molecule has 2 unspecified atom stereocenters. The van der Waals surface area contributed by atoms with Crippen molar-refractivity contribution in [2.75, 3.05) is 12.4 Å². The van der Waals surface area contributed by atoms with Crippen molar-refractivity contribution in [3.63, 3.8) is 0 Å². The summed E-state index contributed by atoms with van der Waals surface area (Å²) in [6, 6.07) is 20.3. The third-order valence-electron chi connectivity index (χ3n) is 6.08. The summed E-state index contributed by atoms with van der Waals surface area (Å²) in [7, 11) is 1.55. The zero-order valence-corrected chi connectivity index (χ0v) is 19.4. The number of ether oxygens (including phenoxy) is 1. The molecule has 1 fully saturated rings. The van der Waals surface area contributed by atoms with E-state index in [1.165, 1.54) is 0 Å².